The Morgan fingerprint density at radius 1 is 1.17 bits per heavy atom. The Hall–Kier alpha value is -3.39. The van der Waals surface area contributed by atoms with Gasteiger partial charge in [-0.2, -0.15) is 0 Å². The molecule has 0 unspecified atom stereocenters. The second-order valence-corrected chi connectivity index (χ2v) is 7.26. The number of oxazole rings is 1. The van der Waals surface area contributed by atoms with Crippen LogP contribution in [0.5, 0.6) is 5.75 Å². The third kappa shape index (κ3) is 4.13. The van der Waals surface area contributed by atoms with Crippen molar-refractivity contribution in [3.05, 3.63) is 79.1 Å². The van der Waals surface area contributed by atoms with Crippen molar-refractivity contribution in [3.8, 4) is 28.5 Å². The molecule has 6 nitrogen and oxygen atoms in total. The summed E-state index contributed by atoms with van der Waals surface area (Å²) in [5, 5.41) is 9.42. The fourth-order valence-electron chi connectivity index (χ4n) is 2.97. The Kier molecular flexibility index (Phi) is 5.94. The maximum absolute atomic E-state index is 13.1. The molecule has 30 heavy (non-hydrogen) atoms. The summed E-state index contributed by atoms with van der Waals surface area (Å²) in [7, 11) is 1.63. The molecule has 0 aliphatic heterocycles. The van der Waals surface area contributed by atoms with Crippen LogP contribution in [0, 0.1) is 5.82 Å². The van der Waals surface area contributed by atoms with Gasteiger partial charge in [0.1, 0.15) is 11.6 Å². The van der Waals surface area contributed by atoms with Crippen molar-refractivity contribution in [2.75, 3.05) is 7.11 Å². The summed E-state index contributed by atoms with van der Waals surface area (Å²) in [6.07, 6.45) is 3.43. The van der Waals surface area contributed by atoms with E-state index in [1.54, 1.807) is 31.5 Å². The average Bonchev–Trinajstić information content (AvgIpc) is 3.40. The van der Waals surface area contributed by atoms with Gasteiger partial charge in [0.15, 0.2) is 16.7 Å². The van der Waals surface area contributed by atoms with Crippen molar-refractivity contribution >= 4 is 11.8 Å². The first-order chi connectivity index (χ1) is 14.7. The number of allylic oxidation sites excluding steroid dienone is 1. The summed E-state index contributed by atoms with van der Waals surface area (Å²) in [4.78, 5) is 4.32. The van der Waals surface area contributed by atoms with Crippen molar-refractivity contribution < 1.29 is 13.5 Å². The molecule has 4 rings (SSSR count). The third-order valence-electron chi connectivity index (χ3n) is 4.38. The topological polar surface area (TPSA) is 66.0 Å². The quantitative estimate of drug-likeness (QED) is 0.286. The van der Waals surface area contributed by atoms with Gasteiger partial charge in [-0.05, 0) is 36.4 Å². The summed E-state index contributed by atoms with van der Waals surface area (Å²) in [5.74, 6) is 2.75. The van der Waals surface area contributed by atoms with Crippen molar-refractivity contribution in [2.24, 2.45) is 0 Å². The number of aromatic nitrogens is 4. The number of para-hydroxylation sites is 1. The van der Waals surface area contributed by atoms with E-state index in [2.05, 4.69) is 21.8 Å². The first-order valence-corrected chi connectivity index (χ1v) is 10.2. The number of ether oxygens (including phenoxy) is 1. The van der Waals surface area contributed by atoms with Gasteiger partial charge in [-0.1, -0.05) is 30.0 Å². The van der Waals surface area contributed by atoms with Crippen LogP contribution >= 0.6 is 11.8 Å². The van der Waals surface area contributed by atoms with Crippen LogP contribution in [-0.4, -0.2) is 26.9 Å². The molecular formula is C22H19FN4O2S. The predicted molar refractivity (Wildman–Crippen MR) is 114 cm³/mol. The Morgan fingerprint density at radius 2 is 1.97 bits per heavy atom. The van der Waals surface area contributed by atoms with Gasteiger partial charge in [0.25, 0.3) is 0 Å². The Balaban J connectivity index is 1.55. The minimum absolute atomic E-state index is 0.290. The number of rotatable bonds is 8. The number of thioether (sulfide) groups is 1. The molecule has 0 saturated carbocycles. The smallest absolute Gasteiger partial charge is 0.205 e. The van der Waals surface area contributed by atoms with Gasteiger partial charge in [-0.15, -0.1) is 16.8 Å². The van der Waals surface area contributed by atoms with E-state index in [-0.39, 0.29) is 5.82 Å². The fraction of sp³-hybridized carbons (Fsp3) is 0.136. The van der Waals surface area contributed by atoms with Crippen molar-refractivity contribution in [1.29, 1.82) is 0 Å². The summed E-state index contributed by atoms with van der Waals surface area (Å²) in [6.45, 7) is 4.39. The monoisotopic (exact) mass is 422 g/mol. The van der Waals surface area contributed by atoms with E-state index >= 15 is 0 Å². The normalized spacial score (nSPS) is 10.9. The van der Waals surface area contributed by atoms with Gasteiger partial charge in [-0.3, -0.25) is 4.57 Å². The molecule has 2 heterocycles. The number of hydrogen-bond acceptors (Lipinski definition) is 6. The highest BCUT2D eigenvalue weighted by atomic mass is 32.2. The predicted octanol–water partition coefficient (Wildman–Crippen LogP) is 5.23. The summed E-state index contributed by atoms with van der Waals surface area (Å²) in [6, 6.07) is 13.8. The minimum Gasteiger partial charge on any atom is -0.496 e. The van der Waals surface area contributed by atoms with Crippen LogP contribution in [0.2, 0.25) is 0 Å². The molecule has 0 fully saturated rings. The summed E-state index contributed by atoms with van der Waals surface area (Å²) >= 11 is 1.46. The van der Waals surface area contributed by atoms with Crippen LogP contribution in [-0.2, 0) is 12.3 Å². The number of benzene rings is 2. The largest absolute Gasteiger partial charge is 0.496 e. The van der Waals surface area contributed by atoms with Crippen LogP contribution in [0.25, 0.3) is 22.7 Å². The minimum atomic E-state index is -0.290. The lowest BCUT2D eigenvalue weighted by Gasteiger charge is -2.10. The molecule has 0 N–H and O–H groups in total. The molecule has 2 aromatic carbocycles. The van der Waals surface area contributed by atoms with E-state index in [0.717, 1.165) is 22.0 Å². The highest BCUT2D eigenvalue weighted by molar-refractivity contribution is 7.98. The Morgan fingerprint density at radius 3 is 2.73 bits per heavy atom. The molecule has 0 radical (unpaired) electrons. The molecule has 4 aromatic rings. The SMILES string of the molecule is C=CCn1c(SCc2ncc(-c3ccc(F)cc3)o2)nnc1-c1ccccc1OC. The molecule has 0 atom stereocenters. The van der Waals surface area contributed by atoms with Gasteiger partial charge in [0, 0.05) is 12.1 Å². The van der Waals surface area contributed by atoms with E-state index in [1.807, 2.05) is 28.8 Å². The number of methoxy groups -OCH3 is 1. The molecule has 152 valence electrons. The first kappa shape index (κ1) is 19.9. The zero-order valence-corrected chi connectivity index (χ0v) is 17.1. The second-order valence-electron chi connectivity index (χ2n) is 6.32. The molecule has 0 bridgehead atoms. The molecular weight excluding hydrogens is 403 g/mol. The van der Waals surface area contributed by atoms with Crippen molar-refractivity contribution in [1.82, 2.24) is 19.7 Å². The summed E-state index contributed by atoms with van der Waals surface area (Å²) < 4.78 is 26.3. The summed E-state index contributed by atoms with van der Waals surface area (Å²) in [5.41, 5.74) is 1.63. The second kappa shape index (κ2) is 8.96. The lowest BCUT2D eigenvalue weighted by atomic mass is 10.2. The van der Waals surface area contributed by atoms with Crippen molar-refractivity contribution in [3.63, 3.8) is 0 Å². The van der Waals surface area contributed by atoms with Crippen LogP contribution in [0.1, 0.15) is 5.89 Å². The van der Waals surface area contributed by atoms with E-state index in [1.165, 1.54) is 23.9 Å². The van der Waals surface area contributed by atoms with Gasteiger partial charge >= 0.3 is 0 Å². The van der Waals surface area contributed by atoms with E-state index in [4.69, 9.17) is 9.15 Å². The molecule has 0 spiro atoms. The first-order valence-electron chi connectivity index (χ1n) is 9.20. The zero-order chi connectivity index (χ0) is 20.9. The maximum Gasteiger partial charge on any atom is 0.205 e. The number of halogens is 1. The number of nitrogens with zero attached hydrogens (tertiary/aromatic N) is 4. The maximum atomic E-state index is 13.1. The van der Waals surface area contributed by atoms with Crippen LogP contribution in [0.3, 0.4) is 0 Å². The van der Waals surface area contributed by atoms with Crippen molar-refractivity contribution in [2.45, 2.75) is 17.5 Å². The van der Waals surface area contributed by atoms with Crippen LogP contribution < -0.4 is 4.74 Å². The van der Waals surface area contributed by atoms with E-state index in [9.17, 15) is 4.39 Å². The third-order valence-corrected chi connectivity index (χ3v) is 5.33. The van der Waals surface area contributed by atoms with E-state index in [0.29, 0.717) is 29.8 Å². The highest BCUT2D eigenvalue weighted by Gasteiger charge is 2.17. The van der Waals surface area contributed by atoms with Gasteiger partial charge < -0.3 is 9.15 Å². The zero-order valence-electron chi connectivity index (χ0n) is 16.3. The van der Waals surface area contributed by atoms with Gasteiger partial charge in [0.2, 0.25) is 5.89 Å². The standard InChI is InChI=1S/C22H19FN4O2S/c1-3-12-27-21(17-6-4-5-7-18(17)28-2)25-26-22(27)30-14-20-24-13-19(29-20)15-8-10-16(23)11-9-15/h3-11,13H,1,12,14H2,2H3. The molecule has 8 heteroatoms. The van der Waals surface area contributed by atoms with Crippen LogP contribution in [0.4, 0.5) is 4.39 Å². The van der Waals surface area contributed by atoms with Crippen LogP contribution in [0.15, 0.2) is 77.0 Å². The molecule has 0 amide bonds. The Labute approximate surface area is 177 Å². The lowest BCUT2D eigenvalue weighted by molar-refractivity contribution is 0.416. The molecule has 0 aliphatic carbocycles. The molecule has 0 aliphatic rings. The van der Waals surface area contributed by atoms with Gasteiger partial charge in [-0.25, -0.2) is 9.37 Å². The van der Waals surface area contributed by atoms with E-state index < -0.39 is 0 Å². The fourth-order valence-corrected chi connectivity index (χ4v) is 3.77. The molecule has 2 aromatic heterocycles. The lowest BCUT2D eigenvalue weighted by Crippen LogP contribution is -2.01. The number of hydrogen-bond donors (Lipinski definition) is 0. The highest BCUT2D eigenvalue weighted by Crippen LogP contribution is 2.32. The average molecular weight is 422 g/mol. The molecule has 0 saturated heterocycles. The van der Waals surface area contributed by atoms with Gasteiger partial charge in [0.05, 0.1) is 24.6 Å². The Bertz CT molecular complexity index is 1150.